The average Bonchev–Trinajstić information content (AvgIpc) is 3.59. The molecule has 1 aliphatic heterocycles. The van der Waals surface area contributed by atoms with Crippen LogP contribution in [0.15, 0.2) is 42.5 Å². The number of piperidine rings is 1. The van der Waals surface area contributed by atoms with Crippen molar-refractivity contribution in [2.24, 2.45) is 5.92 Å². The number of nitrogens with zero attached hydrogens (tertiary/aromatic N) is 1. The van der Waals surface area contributed by atoms with E-state index in [0.29, 0.717) is 24.4 Å². The highest BCUT2D eigenvalue weighted by molar-refractivity contribution is 5.94. The zero-order valence-corrected chi connectivity index (χ0v) is 16.6. The molecule has 1 heterocycles. The third kappa shape index (κ3) is 4.96. The maximum Gasteiger partial charge on any atom is 0.251 e. The summed E-state index contributed by atoms with van der Waals surface area (Å²) in [5.74, 6) is -0.628. The standard InChI is InChI=1S/C23H24F2N2O3/c24-18-7-6-17(21(25)13-18)14-26-22(28)16-2-1-3-20(12-16)30-19-8-10-27(11-9-19)23(29)15-4-5-15/h1-3,6-7,12-13,15,19H,4-5,8-11,14H2,(H,26,28). The Morgan fingerprint density at radius 3 is 2.50 bits per heavy atom. The Bertz CT molecular complexity index is 938. The number of amides is 2. The van der Waals surface area contributed by atoms with Gasteiger partial charge in [0.1, 0.15) is 23.5 Å². The SMILES string of the molecule is O=C(NCc1ccc(F)cc1F)c1cccc(OC2CCN(C(=O)C3CC3)CC2)c1. The molecule has 30 heavy (non-hydrogen) atoms. The summed E-state index contributed by atoms with van der Waals surface area (Å²) in [5, 5.41) is 2.64. The lowest BCUT2D eigenvalue weighted by Crippen LogP contribution is -2.42. The lowest BCUT2D eigenvalue weighted by molar-refractivity contribution is -0.134. The van der Waals surface area contributed by atoms with E-state index in [0.717, 1.165) is 37.8 Å². The number of benzene rings is 2. The second-order valence-electron chi connectivity index (χ2n) is 7.86. The average molecular weight is 414 g/mol. The molecule has 0 radical (unpaired) electrons. The monoisotopic (exact) mass is 414 g/mol. The van der Waals surface area contributed by atoms with Crippen LogP contribution in [-0.2, 0) is 11.3 Å². The van der Waals surface area contributed by atoms with Gasteiger partial charge in [0.05, 0.1) is 0 Å². The topological polar surface area (TPSA) is 58.6 Å². The van der Waals surface area contributed by atoms with Crippen LogP contribution in [0, 0.1) is 17.6 Å². The van der Waals surface area contributed by atoms with E-state index in [1.807, 2.05) is 4.90 Å². The van der Waals surface area contributed by atoms with E-state index in [1.54, 1.807) is 24.3 Å². The lowest BCUT2D eigenvalue weighted by Gasteiger charge is -2.32. The first kappa shape index (κ1) is 20.3. The summed E-state index contributed by atoms with van der Waals surface area (Å²) in [6.45, 7) is 1.36. The molecular weight excluding hydrogens is 390 g/mol. The van der Waals surface area contributed by atoms with E-state index in [-0.39, 0.29) is 35.9 Å². The van der Waals surface area contributed by atoms with Gasteiger partial charge in [0.25, 0.3) is 5.91 Å². The number of ether oxygens (including phenoxy) is 1. The van der Waals surface area contributed by atoms with Crippen LogP contribution in [-0.4, -0.2) is 35.9 Å². The van der Waals surface area contributed by atoms with Gasteiger partial charge in [0.15, 0.2) is 0 Å². The highest BCUT2D eigenvalue weighted by Gasteiger charge is 2.35. The molecule has 1 saturated heterocycles. The molecule has 0 bridgehead atoms. The number of carbonyl (C=O) groups is 2. The minimum atomic E-state index is -0.695. The van der Waals surface area contributed by atoms with Gasteiger partial charge in [0.2, 0.25) is 5.91 Å². The predicted molar refractivity (Wildman–Crippen MR) is 107 cm³/mol. The number of halogens is 2. The van der Waals surface area contributed by atoms with Gasteiger partial charge in [-0.25, -0.2) is 8.78 Å². The first-order chi connectivity index (χ1) is 14.5. The van der Waals surface area contributed by atoms with E-state index >= 15 is 0 Å². The van der Waals surface area contributed by atoms with Crippen LogP contribution < -0.4 is 10.1 Å². The molecule has 158 valence electrons. The first-order valence-electron chi connectivity index (χ1n) is 10.3. The molecule has 2 aromatic carbocycles. The third-order valence-corrected chi connectivity index (χ3v) is 5.53. The van der Waals surface area contributed by atoms with Gasteiger partial charge in [-0.05, 0) is 37.1 Å². The van der Waals surface area contributed by atoms with Gasteiger partial charge >= 0.3 is 0 Å². The van der Waals surface area contributed by atoms with Crippen molar-refractivity contribution in [3.63, 3.8) is 0 Å². The van der Waals surface area contributed by atoms with E-state index < -0.39 is 11.6 Å². The molecule has 2 aliphatic rings. The van der Waals surface area contributed by atoms with Crippen LogP contribution in [0.4, 0.5) is 8.78 Å². The zero-order valence-electron chi connectivity index (χ0n) is 16.6. The Hall–Kier alpha value is -2.96. The molecule has 5 nitrogen and oxygen atoms in total. The molecule has 0 unspecified atom stereocenters. The Labute approximate surface area is 174 Å². The van der Waals surface area contributed by atoms with E-state index in [9.17, 15) is 18.4 Å². The predicted octanol–water partition coefficient (Wildman–Crippen LogP) is 3.67. The fourth-order valence-corrected chi connectivity index (χ4v) is 3.63. The normalized spacial score (nSPS) is 16.9. The fourth-order valence-electron chi connectivity index (χ4n) is 3.63. The number of hydrogen-bond donors (Lipinski definition) is 1. The van der Waals surface area contributed by atoms with Gasteiger partial charge in [-0.15, -0.1) is 0 Å². The molecule has 7 heteroatoms. The fraction of sp³-hybridized carbons (Fsp3) is 0.391. The van der Waals surface area contributed by atoms with Crippen LogP contribution in [0.25, 0.3) is 0 Å². The summed E-state index contributed by atoms with van der Waals surface area (Å²) in [6, 6.07) is 10.1. The van der Waals surface area contributed by atoms with E-state index in [2.05, 4.69) is 5.32 Å². The summed E-state index contributed by atoms with van der Waals surface area (Å²) in [5.41, 5.74) is 0.612. The molecule has 1 N–H and O–H groups in total. The summed E-state index contributed by atoms with van der Waals surface area (Å²) in [7, 11) is 0. The molecule has 1 saturated carbocycles. The number of carbonyl (C=O) groups excluding carboxylic acids is 2. The minimum absolute atomic E-state index is 0.000115. The van der Waals surface area contributed by atoms with Crippen LogP contribution in [0.3, 0.4) is 0 Å². The quantitative estimate of drug-likeness (QED) is 0.785. The summed E-state index contributed by atoms with van der Waals surface area (Å²) in [6.07, 6.45) is 3.55. The zero-order chi connectivity index (χ0) is 21.1. The molecular formula is C23H24F2N2O3. The van der Waals surface area contributed by atoms with E-state index in [4.69, 9.17) is 4.74 Å². The number of likely N-dealkylation sites (tertiary alicyclic amines) is 1. The largest absolute Gasteiger partial charge is 0.490 e. The maximum atomic E-state index is 13.7. The van der Waals surface area contributed by atoms with Gasteiger partial charge in [0, 0.05) is 55.6 Å². The third-order valence-electron chi connectivity index (χ3n) is 5.53. The molecule has 2 amide bonds. The van der Waals surface area contributed by atoms with Crippen LogP contribution in [0.5, 0.6) is 5.75 Å². The number of nitrogens with one attached hydrogen (secondary N) is 1. The van der Waals surface area contributed by atoms with Gasteiger partial charge in [-0.1, -0.05) is 12.1 Å². The van der Waals surface area contributed by atoms with Gasteiger partial charge in [-0.2, -0.15) is 0 Å². The molecule has 0 aromatic heterocycles. The summed E-state index contributed by atoms with van der Waals surface area (Å²) in [4.78, 5) is 26.5. The lowest BCUT2D eigenvalue weighted by atomic mass is 10.1. The molecule has 2 aromatic rings. The van der Waals surface area contributed by atoms with Crippen molar-refractivity contribution in [2.45, 2.75) is 38.3 Å². The minimum Gasteiger partial charge on any atom is -0.490 e. The molecule has 2 fully saturated rings. The van der Waals surface area contributed by atoms with Gasteiger partial charge in [-0.3, -0.25) is 9.59 Å². The van der Waals surface area contributed by atoms with Crippen molar-refractivity contribution in [3.05, 3.63) is 65.2 Å². The molecule has 0 atom stereocenters. The second kappa shape index (κ2) is 8.81. The van der Waals surface area contributed by atoms with Crippen molar-refractivity contribution < 1.29 is 23.1 Å². The highest BCUT2D eigenvalue weighted by atomic mass is 19.1. The molecule has 1 aliphatic carbocycles. The van der Waals surface area contributed by atoms with E-state index in [1.165, 1.54) is 6.07 Å². The van der Waals surface area contributed by atoms with Crippen LogP contribution in [0.1, 0.15) is 41.6 Å². The van der Waals surface area contributed by atoms with Crippen LogP contribution >= 0.6 is 0 Å². The van der Waals surface area contributed by atoms with Crippen molar-refractivity contribution in [3.8, 4) is 5.75 Å². The first-order valence-corrected chi connectivity index (χ1v) is 10.3. The molecule has 4 rings (SSSR count). The Morgan fingerprint density at radius 2 is 1.80 bits per heavy atom. The molecule has 0 spiro atoms. The van der Waals surface area contributed by atoms with Crippen molar-refractivity contribution in [2.75, 3.05) is 13.1 Å². The highest BCUT2D eigenvalue weighted by Crippen LogP contribution is 2.32. The smallest absolute Gasteiger partial charge is 0.251 e. The van der Waals surface area contributed by atoms with Gasteiger partial charge < -0.3 is 15.0 Å². The van der Waals surface area contributed by atoms with Crippen LogP contribution in [0.2, 0.25) is 0 Å². The Kier molecular flexibility index (Phi) is 5.97. The second-order valence-corrected chi connectivity index (χ2v) is 7.86. The number of hydrogen-bond acceptors (Lipinski definition) is 3. The maximum absolute atomic E-state index is 13.7. The summed E-state index contributed by atoms with van der Waals surface area (Å²) < 4.78 is 32.7. The summed E-state index contributed by atoms with van der Waals surface area (Å²) >= 11 is 0. The van der Waals surface area contributed by atoms with Crippen molar-refractivity contribution >= 4 is 11.8 Å². The number of rotatable bonds is 6. The Morgan fingerprint density at radius 1 is 1.03 bits per heavy atom. The van der Waals surface area contributed by atoms with Crippen molar-refractivity contribution in [1.29, 1.82) is 0 Å². The van der Waals surface area contributed by atoms with Crippen molar-refractivity contribution in [1.82, 2.24) is 10.2 Å². The Balaban J connectivity index is 1.30.